The Morgan fingerprint density at radius 3 is 2.33 bits per heavy atom. The van der Waals surface area contributed by atoms with Gasteiger partial charge in [-0.1, -0.05) is 37.0 Å². The summed E-state index contributed by atoms with van der Waals surface area (Å²) in [4.78, 5) is 2.41. The Morgan fingerprint density at radius 2 is 1.79 bits per heavy atom. The van der Waals surface area contributed by atoms with E-state index in [1.807, 2.05) is 6.92 Å². The zero-order valence-electron chi connectivity index (χ0n) is 15.1. The fourth-order valence-electron chi connectivity index (χ4n) is 2.68. The molecule has 0 aromatic heterocycles. The highest BCUT2D eigenvalue weighted by Crippen LogP contribution is 2.33. The minimum Gasteiger partial charge on any atom is -0.304 e. The first-order valence-electron chi connectivity index (χ1n) is 8.33. The van der Waals surface area contributed by atoms with E-state index in [2.05, 4.69) is 23.5 Å². The molecule has 0 fully saturated rings. The molecule has 0 amide bonds. The number of nitrogens with one attached hydrogen (secondary N) is 1. The molecular weight excluding hydrogens is 367 g/mol. The van der Waals surface area contributed by atoms with E-state index >= 15 is 0 Å². The van der Waals surface area contributed by atoms with Crippen molar-refractivity contribution in [3.8, 4) is 0 Å². The normalized spacial score (nSPS) is 13.5. The zero-order valence-corrected chi connectivity index (χ0v) is 17.4. The second kappa shape index (κ2) is 9.39. The quantitative estimate of drug-likeness (QED) is 0.674. The molecule has 0 unspecified atom stereocenters. The van der Waals surface area contributed by atoms with E-state index in [0.29, 0.717) is 16.1 Å². The maximum Gasteiger partial charge on any atom is 0.242 e. The van der Waals surface area contributed by atoms with Crippen molar-refractivity contribution >= 4 is 33.2 Å². The molecule has 1 rings (SSSR count). The molecule has 0 aliphatic heterocycles. The molecule has 138 valence electrons. The standard InChI is InChI=1S/C17H28Cl2N2O2S/c1-6-21(7-2)10-8-9-13(4)20-24(22,23)17-14(5)15(18)11-12(3)16(17)19/h11,13,20H,6-10H2,1-5H3/t13-/m1/s1. The highest BCUT2D eigenvalue weighted by Gasteiger charge is 2.25. The van der Waals surface area contributed by atoms with E-state index in [1.165, 1.54) is 0 Å². The molecule has 0 heterocycles. The van der Waals surface area contributed by atoms with Gasteiger partial charge in [0.05, 0.1) is 5.02 Å². The molecule has 1 aromatic rings. The molecule has 0 saturated carbocycles. The Bertz CT molecular complexity index is 633. The summed E-state index contributed by atoms with van der Waals surface area (Å²) in [5, 5.41) is 0.645. The number of sulfonamides is 1. The van der Waals surface area contributed by atoms with Crippen LogP contribution in [0, 0.1) is 13.8 Å². The molecule has 0 bridgehead atoms. The largest absolute Gasteiger partial charge is 0.304 e. The van der Waals surface area contributed by atoms with E-state index in [9.17, 15) is 8.42 Å². The lowest BCUT2D eigenvalue weighted by molar-refractivity contribution is 0.293. The summed E-state index contributed by atoms with van der Waals surface area (Å²) in [5.41, 5.74) is 1.14. The molecule has 0 aliphatic rings. The molecule has 0 radical (unpaired) electrons. The molecule has 0 saturated heterocycles. The maximum absolute atomic E-state index is 12.7. The molecule has 7 heteroatoms. The smallest absolute Gasteiger partial charge is 0.242 e. The van der Waals surface area contributed by atoms with Gasteiger partial charge in [0.15, 0.2) is 0 Å². The lowest BCUT2D eigenvalue weighted by Crippen LogP contribution is -2.34. The van der Waals surface area contributed by atoms with Gasteiger partial charge in [0, 0.05) is 11.1 Å². The molecule has 1 atom stereocenters. The molecule has 1 N–H and O–H groups in total. The van der Waals surface area contributed by atoms with Crippen LogP contribution in [0.1, 0.15) is 44.7 Å². The van der Waals surface area contributed by atoms with Crippen LogP contribution >= 0.6 is 23.2 Å². The first-order valence-corrected chi connectivity index (χ1v) is 10.6. The molecular formula is C17H28Cl2N2O2S. The Labute approximate surface area is 156 Å². The van der Waals surface area contributed by atoms with Crippen LogP contribution in [0.5, 0.6) is 0 Å². The van der Waals surface area contributed by atoms with Crippen molar-refractivity contribution < 1.29 is 8.42 Å². The summed E-state index contributed by atoms with van der Waals surface area (Å²) in [6, 6.07) is 1.52. The Balaban J connectivity index is 2.84. The summed E-state index contributed by atoms with van der Waals surface area (Å²) in [6.07, 6.45) is 1.71. The van der Waals surface area contributed by atoms with Crippen LogP contribution in [0.3, 0.4) is 0 Å². The van der Waals surface area contributed by atoms with Crippen LogP contribution in [0.25, 0.3) is 0 Å². The van der Waals surface area contributed by atoms with Crippen LogP contribution < -0.4 is 4.72 Å². The first kappa shape index (κ1) is 21.7. The van der Waals surface area contributed by atoms with Crippen molar-refractivity contribution in [1.82, 2.24) is 9.62 Å². The topological polar surface area (TPSA) is 49.4 Å². The van der Waals surface area contributed by atoms with Gasteiger partial charge in [-0.25, -0.2) is 13.1 Å². The third-order valence-corrected chi connectivity index (χ3v) is 6.97. The van der Waals surface area contributed by atoms with Crippen molar-refractivity contribution in [1.29, 1.82) is 0 Å². The van der Waals surface area contributed by atoms with Crippen LogP contribution in [-0.4, -0.2) is 39.0 Å². The van der Waals surface area contributed by atoms with Gasteiger partial charge in [0.2, 0.25) is 10.0 Å². The lowest BCUT2D eigenvalue weighted by Gasteiger charge is -2.20. The van der Waals surface area contributed by atoms with E-state index in [-0.39, 0.29) is 16.0 Å². The van der Waals surface area contributed by atoms with Crippen molar-refractivity contribution in [3.05, 3.63) is 27.2 Å². The summed E-state index contributed by atoms with van der Waals surface area (Å²) < 4.78 is 28.2. The summed E-state index contributed by atoms with van der Waals surface area (Å²) >= 11 is 12.4. The third kappa shape index (κ3) is 5.60. The number of benzene rings is 1. The first-order chi connectivity index (χ1) is 11.1. The van der Waals surface area contributed by atoms with Gasteiger partial charge >= 0.3 is 0 Å². The van der Waals surface area contributed by atoms with Crippen LogP contribution in [0.2, 0.25) is 10.0 Å². The predicted molar refractivity (Wildman–Crippen MR) is 103 cm³/mol. The highest BCUT2D eigenvalue weighted by molar-refractivity contribution is 7.89. The van der Waals surface area contributed by atoms with Crippen LogP contribution in [0.15, 0.2) is 11.0 Å². The van der Waals surface area contributed by atoms with Crippen LogP contribution in [-0.2, 0) is 10.0 Å². The fourth-order valence-corrected chi connectivity index (χ4v) is 5.17. The molecule has 0 spiro atoms. The monoisotopic (exact) mass is 394 g/mol. The minimum atomic E-state index is -3.71. The molecule has 24 heavy (non-hydrogen) atoms. The van der Waals surface area contributed by atoms with Crippen molar-refractivity contribution in [2.45, 2.75) is 58.4 Å². The molecule has 1 aromatic carbocycles. The Kier molecular flexibility index (Phi) is 8.50. The molecule has 0 aliphatic carbocycles. The number of hydrogen-bond acceptors (Lipinski definition) is 3. The number of hydrogen-bond donors (Lipinski definition) is 1. The average molecular weight is 395 g/mol. The highest BCUT2D eigenvalue weighted by atomic mass is 35.5. The van der Waals surface area contributed by atoms with Gasteiger partial charge in [-0.3, -0.25) is 0 Å². The SMILES string of the molecule is CCN(CC)CCC[C@@H](C)NS(=O)(=O)c1c(C)c(Cl)cc(C)c1Cl. The summed E-state index contributed by atoms with van der Waals surface area (Å²) in [6.45, 7) is 12.5. The van der Waals surface area contributed by atoms with Gasteiger partial charge in [-0.15, -0.1) is 0 Å². The van der Waals surface area contributed by atoms with Crippen molar-refractivity contribution in [2.24, 2.45) is 0 Å². The lowest BCUT2D eigenvalue weighted by atomic mass is 10.2. The molecule has 4 nitrogen and oxygen atoms in total. The fraction of sp³-hybridized carbons (Fsp3) is 0.647. The Hall–Kier alpha value is -0.330. The van der Waals surface area contributed by atoms with E-state index in [4.69, 9.17) is 23.2 Å². The second-order valence-electron chi connectivity index (χ2n) is 6.13. The van der Waals surface area contributed by atoms with E-state index in [1.54, 1.807) is 19.9 Å². The summed E-state index contributed by atoms with van der Waals surface area (Å²) in [5.74, 6) is 0. The maximum atomic E-state index is 12.7. The number of nitrogens with zero attached hydrogens (tertiary/aromatic N) is 1. The van der Waals surface area contributed by atoms with Gasteiger partial charge in [0.25, 0.3) is 0 Å². The van der Waals surface area contributed by atoms with Crippen molar-refractivity contribution in [2.75, 3.05) is 19.6 Å². The second-order valence-corrected chi connectivity index (χ2v) is 8.57. The minimum absolute atomic E-state index is 0.0877. The Morgan fingerprint density at radius 1 is 1.21 bits per heavy atom. The zero-order chi connectivity index (χ0) is 18.5. The van der Waals surface area contributed by atoms with Gasteiger partial charge < -0.3 is 4.90 Å². The predicted octanol–water partition coefficient (Wildman–Crippen LogP) is 4.40. The van der Waals surface area contributed by atoms with E-state index in [0.717, 1.165) is 32.5 Å². The van der Waals surface area contributed by atoms with Gasteiger partial charge in [-0.2, -0.15) is 0 Å². The number of aryl methyl sites for hydroxylation is 1. The number of halogens is 2. The summed E-state index contributed by atoms with van der Waals surface area (Å²) in [7, 11) is -3.71. The van der Waals surface area contributed by atoms with Gasteiger partial charge in [0.1, 0.15) is 4.90 Å². The average Bonchev–Trinajstić information content (AvgIpc) is 2.49. The van der Waals surface area contributed by atoms with Crippen LogP contribution in [0.4, 0.5) is 0 Å². The van der Waals surface area contributed by atoms with Crippen molar-refractivity contribution in [3.63, 3.8) is 0 Å². The van der Waals surface area contributed by atoms with E-state index < -0.39 is 10.0 Å². The number of rotatable bonds is 9. The van der Waals surface area contributed by atoms with Gasteiger partial charge in [-0.05, 0) is 70.4 Å². The third-order valence-electron chi connectivity index (χ3n) is 4.22.